The molecule has 0 bridgehead atoms. The predicted molar refractivity (Wildman–Crippen MR) is 88.2 cm³/mol. The summed E-state index contributed by atoms with van der Waals surface area (Å²) in [7, 11) is 0. The summed E-state index contributed by atoms with van der Waals surface area (Å²) < 4.78 is 0.847. The summed E-state index contributed by atoms with van der Waals surface area (Å²) in [5, 5.41) is 3.77. The first kappa shape index (κ1) is 13.9. The van der Waals surface area contributed by atoms with Gasteiger partial charge in [0.15, 0.2) is 5.13 Å². The van der Waals surface area contributed by atoms with Crippen molar-refractivity contribution in [2.45, 2.75) is 6.92 Å². The van der Waals surface area contributed by atoms with Gasteiger partial charge >= 0.3 is 0 Å². The molecule has 3 aromatic rings. The molecule has 0 saturated heterocycles. The van der Waals surface area contributed by atoms with E-state index >= 15 is 0 Å². The maximum Gasteiger partial charge on any atom is 0.255 e. The van der Waals surface area contributed by atoms with Crippen LogP contribution in [-0.4, -0.2) is 10.9 Å². The van der Waals surface area contributed by atoms with Crippen LogP contribution in [0.1, 0.15) is 15.9 Å². The highest BCUT2D eigenvalue weighted by Gasteiger charge is 2.11. The van der Waals surface area contributed by atoms with Gasteiger partial charge in [0.1, 0.15) is 5.52 Å². The minimum atomic E-state index is -0.174. The van der Waals surface area contributed by atoms with Gasteiger partial charge in [-0.15, -0.1) is 0 Å². The molecular formula is C15H12ClN3OS. The van der Waals surface area contributed by atoms with Crippen molar-refractivity contribution in [2.24, 2.45) is 0 Å². The van der Waals surface area contributed by atoms with Gasteiger partial charge in [-0.3, -0.25) is 4.79 Å². The third kappa shape index (κ3) is 2.84. The van der Waals surface area contributed by atoms with Crippen molar-refractivity contribution in [3.05, 3.63) is 52.5 Å². The van der Waals surface area contributed by atoms with Gasteiger partial charge in [-0.05, 0) is 31.2 Å². The summed E-state index contributed by atoms with van der Waals surface area (Å²) in [5.74, 6) is -0.174. The highest BCUT2D eigenvalue weighted by Crippen LogP contribution is 2.32. The largest absolute Gasteiger partial charge is 0.375 e. The minimum Gasteiger partial charge on any atom is -0.375 e. The predicted octanol–water partition coefficient (Wildman–Crippen LogP) is 4.09. The highest BCUT2D eigenvalue weighted by molar-refractivity contribution is 7.22. The molecule has 1 amide bonds. The first-order chi connectivity index (χ1) is 10.0. The van der Waals surface area contributed by atoms with Gasteiger partial charge in [-0.1, -0.05) is 40.6 Å². The van der Waals surface area contributed by atoms with E-state index in [4.69, 9.17) is 17.3 Å². The molecular weight excluding hydrogens is 306 g/mol. The molecule has 106 valence electrons. The van der Waals surface area contributed by atoms with Gasteiger partial charge in [-0.2, -0.15) is 0 Å². The van der Waals surface area contributed by atoms with E-state index in [2.05, 4.69) is 10.3 Å². The van der Waals surface area contributed by atoms with Crippen LogP contribution in [0.4, 0.5) is 10.8 Å². The summed E-state index contributed by atoms with van der Waals surface area (Å²) >= 11 is 7.50. The molecule has 3 N–H and O–H groups in total. The maximum atomic E-state index is 12.2. The van der Waals surface area contributed by atoms with Gasteiger partial charge in [0.05, 0.1) is 9.72 Å². The number of benzene rings is 2. The number of thiazole rings is 1. The van der Waals surface area contributed by atoms with E-state index in [1.807, 2.05) is 31.2 Å². The van der Waals surface area contributed by atoms with E-state index in [1.54, 1.807) is 12.1 Å². The van der Waals surface area contributed by atoms with Crippen molar-refractivity contribution in [3.63, 3.8) is 0 Å². The molecule has 0 aliphatic rings. The first-order valence-electron chi connectivity index (χ1n) is 6.26. The van der Waals surface area contributed by atoms with Crippen LogP contribution in [0.25, 0.3) is 10.2 Å². The Morgan fingerprint density at radius 2 is 2.14 bits per heavy atom. The molecule has 0 aliphatic carbocycles. The number of aromatic nitrogens is 1. The Hall–Kier alpha value is -2.11. The number of hydrogen-bond donors (Lipinski definition) is 2. The second kappa shape index (κ2) is 5.35. The monoisotopic (exact) mass is 317 g/mol. The van der Waals surface area contributed by atoms with Crippen LogP contribution < -0.4 is 11.1 Å². The zero-order valence-electron chi connectivity index (χ0n) is 11.2. The minimum absolute atomic E-state index is 0.174. The van der Waals surface area contributed by atoms with E-state index in [0.717, 1.165) is 10.3 Å². The Morgan fingerprint density at radius 1 is 1.33 bits per heavy atom. The van der Waals surface area contributed by atoms with Gasteiger partial charge in [0, 0.05) is 11.3 Å². The van der Waals surface area contributed by atoms with E-state index in [-0.39, 0.29) is 5.91 Å². The Kier molecular flexibility index (Phi) is 3.53. The molecule has 1 aromatic heterocycles. The normalized spacial score (nSPS) is 10.8. The van der Waals surface area contributed by atoms with Crippen LogP contribution in [0.5, 0.6) is 0 Å². The smallest absolute Gasteiger partial charge is 0.255 e. The summed E-state index contributed by atoms with van der Waals surface area (Å²) in [4.78, 5) is 16.4. The number of amides is 1. The molecule has 0 fully saturated rings. The van der Waals surface area contributed by atoms with Crippen LogP contribution in [0.3, 0.4) is 0 Å². The lowest BCUT2D eigenvalue weighted by atomic mass is 10.1. The summed E-state index contributed by atoms with van der Waals surface area (Å²) in [6.45, 7) is 1.94. The van der Waals surface area contributed by atoms with Gasteiger partial charge in [0.2, 0.25) is 0 Å². The third-order valence-electron chi connectivity index (χ3n) is 3.00. The van der Waals surface area contributed by atoms with Gasteiger partial charge in [-0.25, -0.2) is 4.98 Å². The van der Waals surface area contributed by atoms with Crippen LogP contribution >= 0.6 is 22.9 Å². The fourth-order valence-electron chi connectivity index (χ4n) is 2.07. The van der Waals surface area contributed by atoms with E-state index in [0.29, 0.717) is 26.9 Å². The quantitative estimate of drug-likeness (QED) is 0.748. The standard InChI is InChI=1S/C15H12ClN3OS/c1-8-3-2-4-9(5-8)14(20)18-10-6-11(16)13-12(7-10)21-15(17)19-13/h2-7H,1H3,(H2,17,19)(H,18,20). The van der Waals surface area contributed by atoms with Crippen molar-refractivity contribution in [1.29, 1.82) is 0 Å². The molecule has 0 radical (unpaired) electrons. The Bertz CT molecular complexity index is 844. The number of halogens is 1. The molecule has 0 aliphatic heterocycles. The van der Waals surface area contributed by atoms with Crippen LogP contribution in [0.2, 0.25) is 5.02 Å². The zero-order valence-corrected chi connectivity index (χ0v) is 12.8. The first-order valence-corrected chi connectivity index (χ1v) is 7.46. The Labute approximate surface area is 130 Å². The topological polar surface area (TPSA) is 68.0 Å². The number of fused-ring (bicyclic) bond motifs is 1. The number of carbonyl (C=O) groups is 1. The van der Waals surface area contributed by atoms with Crippen molar-refractivity contribution in [1.82, 2.24) is 4.98 Å². The number of aryl methyl sites for hydroxylation is 1. The molecule has 21 heavy (non-hydrogen) atoms. The second-order valence-electron chi connectivity index (χ2n) is 4.68. The Balaban J connectivity index is 1.92. The fourth-order valence-corrected chi connectivity index (χ4v) is 3.19. The third-order valence-corrected chi connectivity index (χ3v) is 4.12. The van der Waals surface area contributed by atoms with Crippen LogP contribution in [0, 0.1) is 6.92 Å². The van der Waals surface area contributed by atoms with Gasteiger partial charge < -0.3 is 11.1 Å². The van der Waals surface area contributed by atoms with Crippen molar-refractivity contribution < 1.29 is 4.79 Å². The number of nitrogen functional groups attached to an aromatic ring is 1. The van der Waals surface area contributed by atoms with Crippen molar-refractivity contribution >= 4 is 49.9 Å². The number of anilines is 2. The number of carbonyl (C=O) groups excluding carboxylic acids is 1. The van der Waals surface area contributed by atoms with Crippen LogP contribution in [-0.2, 0) is 0 Å². The molecule has 6 heteroatoms. The number of nitrogens with one attached hydrogen (secondary N) is 1. The SMILES string of the molecule is Cc1cccc(C(=O)Nc2cc(Cl)c3nc(N)sc3c2)c1. The zero-order chi connectivity index (χ0) is 15.0. The lowest BCUT2D eigenvalue weighted by molar-refractivity contribution is 0.102. The molecule has 4 nitrogen and oxygen atoms in total. The summed E-state index contributed by atoms with van der Waals surface area (Å²) in [5.41, 5.74) is 8.61. The van der Waals surface area contributed by atoms with Gasteiger partial charge in [0.25, 0.3) is 5.91 Å². The number of nitrogens with zero attached hydrogens (tertiary/aromatic N) is 1. The maximum absolute atomic E-state index is 12.2. The van der Waals surface area contributed by atoms with Crippen molar-refractivity contribution in [3.8, 4) is 0 Å². The summed E-state index contributed by atoms with van der Waals surface area (Å²) in [6, 6.07) is 10.9. The number of hydrogen-bond acceptors (Lipinski definition) is 4. The molecule has 2 aromatic carbocycles. The molecule has 1 heterocycles. The molecule has 3 rings (SSSR count). The number of rotatable bonds is 2. The molecule has 0 atom stereocenters. The lowest BCUT2D eigenvalue weighted by Gasteiger charge is -2.06. The molecule has 0 spiro atoms. The fraction of sp³-hybridized carbons (Fsp3) is 0.0667. The molecule has 0 saturated carbocycles. The lowest BCUT2D eigenvalue weighted by Crippen LogP contribution is -2.11. The van der Waals surface area contributed by atoms with Crippen LogP contribution in [0.15, 0.2) is 36.4 Å². The highest BCUT2D eigenvalue weighted by atomic mass is 35.5. The van der Waals surface area contributed by atoms with Crippen molar-refractivity contribution in [2.75, 3.05) is 11.1 Å². The van der Waals surface area contributed by atoms with E-state index < -0.39 is 0 Å². The van der Waals surface area contributed by atoms with E-state index in [9.17, 15) is 4.79 Å². The second-order valence-corrected chi connectivity index (χ2v) is 6.15. The average molecular weight is 318 g/mol. The Morgan fingerprint density at radius 3 is 2.90 bits per heavy atom. The summed E-state index contributed by atoms with van der Waals surface area (Å²) in [6.07, 6.45) is 0. The number of nitrogens with two attached hydrogens (primary N) is 1. The average Bonchev–Trinajstić information content (AvgIpc) is 2.80. The van der Waals surface area contributed by atoms with E-state index in [1.165, 1.54) is 11.3 Å². The molecule has 0 unspecified atom stereocenters.